The van der Waals surface area contributed by atoms with Crippen molar-refractivity contribution in [2.75, 3.05) is 18.9 Å². The Labute approximate surface area is 157 Å². The number of halogens is 2. The van der Waals surface area contributed by atoms with Crippen molar-refractivity contribution in [2.24, 2.45) is 0 Å². The van der Waals surface area contributed by atoms with Gasteiger partial charge >= 0.3 is 0 Å². The molecule has 1 amide bonds. The molecule has 26 heavy (non-hydrogen) atoms. The van der Waals surface area contributed by atoms with Gasteiger partial charge in [-0.25, -0.2) is 4.39 Å². The van der Waals surface area contributed by atoms with Crippen LogP contribution in [0.5, 0.6) is 5.88 Å². The second kappa shape index (κ2) is 8.01. The van der Waals surface area contributed by atoms with Gasteiger partial charge in [-0.05, 0) is 51.1 Å². The van der Waals surface area contributed by atoms with Crippen molar-refractivity contribution in [3.05, 3.63) is 52.8 Å². The van der Waals surface area contributed by atoms with Gasteiger partial charge in [0.25, 0.3) is 5.91 Å². The molecule has 0 unspecified atom stereocenters. The molecule has 1 fully saturated rings. The number of pyridine rings is 1. The molecule has 5 nitrogen and oxygen atoms in total. The lowest BCUT2D eigenvalue weighted by atomic mass is 10.0. The van der Waals surface area contributed by atoms with Crippen LogP contribution in [0.15, 0.2) is 36.4 Å². The van der Waals surface area contributed by atoms with Crippen LogP contribution in [0.3, 0.4) is 0 Å². The Morgan fingerprint density at radius 1 is 1.38 bits per heavy atom. The molecular weight excluding hydrogens is 357 g/mol. The van der Waals surface area contributed by atoms with Crippen LogP contribution >= 0.6 is 11.6 Å². The zero-order valence-corrected chi connectivity index (χ0v) is 15.5. The van der Waals surface area contributed by atoms with Gasteiger partial charge in [-0.1, -0.05) is 17.7 Å². The maximum atomic E-state index is 13.1. The Kier molecular flexibility index (Phi) is 5.74. The van der Waals surface area contributed by atoms with E-state index in [1.807, 2.05) is 0 Å². The van der Waals surface area contributed by atoms with E-state index in [1.165, 1.54) is 12.1 Å². The number of carbonyl (C=O) groups excluding carboxylic acids is 1. The number of amides is 1. The Balaban J connectivity index is 1.66. The molecule has 0 saturated carbocycles. The van der Waals surface area contributed by atoms with Gasteiger partial charge < -0.3 is 15.0 Å². The highest BCUT2D eigenvalue weighted by Gasteiger charge is 2.24. The second-order valence-electron chi connectivity index (χ2n) is 6.53. The fraction of sp³-hybridized carbons (Fsp3) is 0.368. The summed E-state index contributed by atoms with van der Waals surface area (Å²) in [7, 11) is 2.11. The largest absolute Gasteiger partial charge is 0.474 e. The van der Waals surface area contributed by atoms with Crippen LogP contribution in [0.1, 0.15) is 30.1 Å². The van der Waals surface area contributed by atoms with Crippen LogP contribution in [0, 0.1) is 5.82 Å². The Hall–Kier alpha value is -2.18. The average molecular weight is 378 g/mol. The monoisotopic (exact) mass is 377 g/mol. The highest BCUT2D eigenvalue weighted by atomic mass is 35.5. The number of nitrogens with zero attached hydrogens (tertiary/aromatic N) is 2. The smallest absolute Gasteiger partial charge is 0.258 e. The van der Waals surface area contributed by atoms with Crippen LogP contribution in [-0.2, 0) is 0 Å². The number of likely N-dealkylation sites (tertiary alicyclic amines) is 1. The molecule has 1 aliphatic rings. The Bertz CT molecular complexity index is 802. The van der Waals surface area contributed by atoms with Gasteiger partial charge in [-0.3, -0.25) is 4.79 Å². The SMILES string of the molecule is C[C@H]1C[C@@H](Oc2cccc(NC(=O)c3ccc(F)cc3Cl)n2)CCN1C. The number of hydrogen-bond donors (Lipinski definition) is 1. The van der Waals surface area contributed by atoms with E-state index >= 15 is 0 Å². The van der Waals surface area contributed by atoms with E-state index in [2.05, 4.69) is 29.2 Å². The molecule has 1 aromatic heterocycles. The first-order valence-corrected chi connectivity index (χ1v) is 8.90. The molecule has 0 aliphatic carbocycles. The van der Waals surface area contributed by atoms with E-state index < -0.39 is 11.7 Å². The van der Waals surface area contributed by atoms with E-state index in [9.17, 15) is 9.18 Å². The van der Waals surface area contributed by atoms with E-state index in [4.69, 9.17) is 16.3 Å². The average Bonchev–Trinajstić information content (AvgIpc) is 2.58. The first kappa shape index (κ1) is 18.6. The molecule has 1 N–H and O–H groups in total. The summed E-state index contributed by atoms with van der Waals surface area (Å²) in [6, 6.07) is 9.29. The number of hydrogen-bond acceptors (Lipinski definition) is 4. The summed E-state index contributed by atoms with van der Waals surface area (Å²) in [5, 5.41) is 2.72. The van der Waals surface area contributed by atoms with Gasteiger partial charge in [-0.2, -0.15) is 4.98 Å². The number of carbonyl (C=O) groups is 1. The van der Waals surface area contributed by atoms with Gasteiger partial charge in [-0.15, -0.1) is 0 Å². The Morgan fingerprint density at radius 3 is 2.92 bits per heavy atom. The molecular formula is C19H21ClFN3O2. The summed E-state index contributed by atoms with van der Waals surface area (Å²) >= 11 is 5.93. The fourth-order valence-corrected chi connectivity index (χ4v) is 3.18. The van der Waals surface area contributed by atoms with Gasteiger partial charge in [0.15, 0.2) is 0 Å². The number of piperidine rings is 1. The summed E-state index contributed by atoms with van der Waals surface area (Å²) in [6.45, 7) is 3.15. The van der Waals surface area contributed by atoms with Gasteiger partial charge in [0.05, 0.1) is 10.6 Å². The zero-order chi connectivity index (χ0) is 18.7. The zero-order valence-electron chi connectivity index (χ0n) is 14.7. The number of ether oxygens (including phenoxy) is 1. The van der Waals surface area contributed by atoms with Gasteiger partial charge in [0.2, 0.25) is 5.88 Å². The summed E-state index contributed by atoms with van der Waals surface area (Å²) in [5.74, 6) is -0.122. The molecule has 7 heteroatoms. The van der Waals surface area contributed by atoms with Crippen LogP contribution in [0.4, 0.5) is 10.2 Å². The normalized spacial score (nSPS) is 20.6. The standard InChI is InChI=1S/C19H21ClFN3O2/c1-12-10-14(8-9-24(12)2)26-18-5-3-4-17(22-18)23-19(25)15-7-6-13(21)11-16(15)20/h3-7,11-12,14H,8-10H2,1-2H3,(H,22,23,25)/t12-,14-/m0/s1. The molecule has 1 saturated heterocycles. The van der Waals surface area contributed by atoms with Gasteiger partial charge in [0, 0.05) is 18.7 Å². The van der Waals surface area contributed by atoms with E-state index in [-0.39, 0.29) is 16.7 Å². The molecule has 3 rings (SSSR count). The van der Waals surface area contributed by atoms with Crippen molar-refractivity contribution in [2.45, 2.75) is 31.9 Å². The number of nitrogens with one attached hydrogen (secondary N) is 1. The Morgan fingerprint density at radius 2 is 2.19 bits per heavy atom. The lowest BCUT2D eigenvalue weighted by molar-refractivity contribution is 0.0760. The predicted molar refractivity (Wildman–Crippen MR) is 99.3 cm³/mol. The van der Waals surface area contributed by atoms with E-state index in [1.54, 1.807) is 18.2 Å². The second-order valence-corrected chi connectivity index (χ2v) is 6.94. The van der Waals surface area contributed by atoms with Crippen LogP contribution in [0.25, 0.3) is 0 Å². The summed E-state index contributed by atoms with van der Waals surface area (Å²) < 4.78 is 19.1. The summed E-state index contributed by atoms with van der Waals surface area (Å²) in [5.41, 5.74) is 0.185. The number of benzene rings is 1. The molecule has 0 radical (unpaired) electrons. The minimum Gasteiger partial charge on any atom is -0.474 e. The van der Waals surface area contributed by atoms with Crippen molar-refractivity contribution in [1.29, 1.82) is 0 Å². The topological polar surface area (TPSA) is 54.5 Å². The molecule has 2 heterocycles. The van der Waals surface area contributed by atoms with Crippen molar-refractivity contribution in [1.82, 2.24) is 9.88 Å². The molecule has 0 bridgehead atoms. The molecule has 0 spiro atoms. The fourth-order valence-electron chi connectivity index (χ4n) is 2.93. The third-order valence-corrected chi connectivity index (χ3v) is 4.90. The number of anilines is 1. The molecule has 138 valence electrons. The van der Waals surface area contributed by atoms with Crippen molar-refractivity contribution in [3.63, 3.8) is 0 Å². The first-order valence-electron chi connectivity index (χ1n) is 8.52. The van der Waals surface area contributed by atoms with Crippen LogP contribution < -0.4 is 10.1 Å². The van der Waals surface area contributed by atoms with Crippen molar-refractivity contribution in [3.8, 4) is 5.88 Å². The summed E-state index contributed by atoms with van der Waals surface area (Å²) in [4.78, 5) is 19.0. The van der Waals surface area contributed by atoms with Gasteiger partial charge in [0.1, 0.15) is 17.7 Å². The minimum atomic E-state index is -0.493. The third-order valence-electron chi connectivity index (χ3n) is 4.59. The van der Waals surface area contributed by atoms with Crippen molar-refractivity contribution < 1.29 is 13.9 Å². The molecule has 1 aliphatic heterocycles. The predicted octanol–water partition coefficient (Wildman–Crippen LogP) is 3.99. The van der Waals surface area contributed by atoms with Crippen LogP contribution in [-0.4, -0.2) is 41.5 Å². The van der Waals surface area contributed by atoms with E-state index in [0.29, 0.717) is 17.7 Å². The van der Waals surface area contributed by atoms with E-state index in [0.717, 1.165) is 25.5 Å². The maximum absolute atomic E-state index is 13.1. The molecule has 2 aromatic rings. The lowest BCUT2D eigenvalue weighted by Gasteiger charge is -2.34. The first-order chi connectivity index (χ1) is 12.4. The molecule has 2 atom stereocenters. The third kappa shape index (κ3) is 4.51. The quantitative estimate of drug-likeness (QED) is 0.875. The number of aromatic nitrogens is 1. The summed E-state index contributed by atoms with van der Waals surface area (Å²) in [6.07, 6.45) is 1.97. The minimum absolute atomic E-state index is 0.0511. The maximum Gasteiger partial charge on any atom is 0.258 e. The van der Waals surface area contributed by atoms with Crippen molar-refractivity contribution >= 4 is 23.3 Å². The van der Waals surface area contributed by atoms with Crippen LogP contribution in [0.2, 0.25) is 5.02 Å². The lowest BCUT2D eigenvalue weighted by Crippen LogP contribution is -2.42. The number of rotatable bonds is 4. The highest BCUT2D eigenvalue weighted by Crippen LogP contribution is 2.22. The molecule has 1 aromatic carbocycles. The highest BCUT2D eigenvalue weighted by molar-refractivity contribution is 6.34.